The molecule has 0 atom stereocenters. The number of nitriles is 1. The van der Waals surface area contributed by atoms with Crippen molar-refractivity contribution in [1.82, 2.24) is 9.78 Å². The van der Waals surface area contributed by atoms with Crippen molar-refractivity contribution in [3.8, 4) is 23.0 Å². The number of aromatic nitrogens is 2. The number of hydrogen-bond acceptors (Lipinski definition) is 4. The molecule has 4 aromatic rings. The summed E-state index contributed by atoms with van der Waals surface area (Å²) in [6.07, 6.45) is 4.77. The first-order valence-corrected chi connectivity index (χ1v) is 8.67. The summed E-state index contributed by atoms with van der Waals surface area (Å²) in [5, 5.41) is 14.2. The van der Waals surface area contributed by atoms with Crippen molar-refractivity contribution < 1.29 is 9.21 Å². The number of allylic oxidation sites excluding steroid dienone is 1. The summed E-state index contributed by atoms with van der Waals surface area (Å²) in [6, 6.07) is 24.4. The Balaban J connectivity index is 1.84. The van der Waals surface area contributed by atoms with Gasteiger partial charge in [-0.2, -0.15) is 10.4 Å². The molecule has 2 heterocycles. The van der Waals surface area contributed by atoms with Crippen LogP contribution in [0.3, 0.4) is 0 Å². The summed E-state index contributed by atoms with van der Waals surface area (Å²) in [5.74, 6) is -0.330. The summed E-state index contributed by atoms with van der Waals surface area (Å²) >= 11 is 0. The van der Waals surface area contributed by atoms with Crippen molar-refractivity contribution in [3.05, 3.63) is 102 Å². The van der Waals surface area contributed by atoms with Crippen LogP contribution in [0, 0.1) is 11.3 Å². The fourth-order valence-electron chi connectivity index (χ4n) is 2.87. The third-order valence-corrected chi connectivity index (χ3v) is 4.22. The van der Waals surface area contributed by atoms with Gasteiger partial charge < -0.3 is 4.42 Å². The Kier molecular flexibility index (Phi) is 4.68. The van der Waals surface area contributed by atoms with Crippen LogP contribution >= 0.6 is 0 Å². The number of para-hydroxylation sites is 1. The number of nitrogens with zero attached hydrogens (tertiary/aromatic N) is 3. The van der Waals surface area contributed by atoms with Crippen LogP contribution in [-0.4, -0.2) is 15.6 Å². The quantitative estimate of drug-likeness (QED) is 0.286. The molecule has 0 amide bonds. The van der Waals surface area contributed by atoms with Crippen LogP contribution in [-0.2, 0) is 0 Å². The maximum absolute atomic E-state index is 12.6. The standard InChI is InChI=1S/C23H15N3O2/c24-15-18(23(27)21-12-7-13-28-21)14-19-16-26(20-10-5-2-6-11-20)25-22(19)17-8-3-1-4-9-17/h1-14,16H/b18-14+. The highest BCUT2D eigenvalue weighted by Crippen LogP contribution is 2.26. The fourth-order valence-corrected chi connectivity index (χ4v) is 2.87. The van der Waals surface area contributed by atoms with E-state index in [4.69, 9.17) is 4.42 Å². The van der Waals surface area contributed by atoms with Crippen LogP contribution in [0.1, 0.15) is 16.1 Å². The lowest BCUT2D eigenvalue weighted by atomic mass is 10.0. The average molecular weight is 365 g/mol. The Morgan fingerprint density at radius 1 is 1.00 bits per heavy atom. The number of hydrogen-bond donors (Lipinski definition) is 0. The highest BCUT2D eigenvalue weighted by molar-refractivity contribution is 6.12. The van der Waals surface area contributed by atoms with E-state index in [0.717, 1.165) is 11.3 Å². The summed E-state index contributed by atoms with van der Waals surface area (Å²) in [5.41, 5.74) is 3.12. The fraction of sp³-hybridized carbons (Fsp3) is 0. The Morgan fingerprint density at radius 3 is 2.36 bits per heavy atom. The molecule has 0 saturated heterocycles. The monoisotopic (exact) mass is 365 g/mol. The molecule has 0 bridgehead atoms. The Hall–Kier alpha value is -4.17. The Bertz CT molecular complexity index is 1170. The van der Waals surface area contributed by atoms with Gasteiger partial charge in [0.2, 0.25) is 5.78 Å². The van der Waals surface area contributed by atoms with Gasteiger partial charge in [0.15, 0.2) is 5.76 Å². The van der Waals surface area contributed by atoms with E-state index >= 15 is 0 Å². The number of furan rings is 1. The van der Waals surface area contributed by atoms with E-state index < -0.39 is 5.78 Å². The molecule has 0 aliphatic carbocycles. The Labute approximate surface area is 161 Å². The zero-order chi connectivity index (χ0) is 19.3. The van der Waals surface area contributed by atoms with Gasteiger partial charge >= 0.3 is 0 Å². The molecule has 0 saturated carbocycles. The second-order valence-electron chi connectivity index (χ2n) is 6.06. The van der Waals surface area contributed by atoms with E-state index in [1.165, 1.54) is 6.26 Å². The molecule has 0 spiro atoms. The van der Waals surface area contributed by atoms with Gasteiger partial charge in [-0.15, -0.1) is 0 Å². The first kappa shape index (κ1) is 17.3. The lowest BCUT2D eigenvalue weighted by Gasteiger charge is -2.00. The topological polar surface area (TPSA) is 71.8 Å². The molecule has 0 fully saturated rings. The molecule has 134 valence electrons. The molecule has 0 aliphatic rings. The zero-order valence-corrected chi connectivity index (χ0v) is 14.8. The number of carbonyl (C=O) groups excluding carboxylic acids is 1. The van der Waals surface area contributed by atoms with Crippen LogP contribution < -0.4 is 0 Å². The van der Waals surface area contributed by atoms with Crippen LogP contribution in [0.25, 0.3) is 23.0 Å². The number of rotatable bonds is 5. The smallest absolute Gasteiger partial charge is 0.238 e. The van der Waals surface area contributed by atoms with Gasteiger partial charge in [-0.1, -0.05) is 48.5 Å². The van der Waals surface area contributed by atoms with Gasteiger partial charge in [0.25, 0.3) is 0 Å². The minimum absolute atomic E-state index is 0.0141. The van der Waals surface area contributed by atoms with Crippen molar-refractivity contribution >= 4 is 11.9 Å². The predicted octanol–water partition coefficient (Wildman–Crippen LogP) is 4.92. The number of carbonyl (C=O) groups is 1. The van der Waals surface area contributed by atoms with Crippen molar-refractivity contribution in [1.29, 1.82) is 5.26 Å². The highest BCUT2D eigenvalue weighted by atomic mass is 16.3. The van der Waals surface area contributed by atoms with Gasteiger partial charge in [-0.3, -0.25) is 4.79 Å². The van der Waals surface area contributed by atoms with E-state index in [0.29, 0.717) is 11.3 Å². The third kappa shape index (κ3) is 3.39. The van der Waals surface area contributed by atoms with E-state index in [-0.39, 0.29) is 11.3 Å². The largest absolute Gasteiger partial charge is 0.461 e. The summed E-state index contributed by atoms with van der Waals surface area (Å²) in [4.78, 5) is 12.6. The van der Waals surface area contributed by atoms with E-state index in [1.807, 2.05) is 72.9 Å². The van der Waals surface area contributed by atoms with Gasteiger partial charge in [0.1, 0.15) is 11.6 Å². The van der Waals surface area contributed by atoms with Gasteiger partial charge in [-0.05, 0) is 30.3 Å². The number of Topliss-reactive ketones (excluding diaryl/α,β-unsaturated/α-hetero) is 1. The molecule has 28 heavy (non-hydrogen) atoms. The second-order valence-corrected chi connectivity index (χ2v) is 6.06. The van der Waals surface area contributed by atoms with Crippen molar-refractivity contribution in [2.45, 2.75) is 0 Å². The molecule has 4 rings (SSSR count). The lowest BCUT2D eigenvalue weighted by molar-refractivity contribution is 0.101. The SMILES string of the molecule is N#C/C(=C\c1cn(-c2ccccc2)nc1-c1ccccc1)C(=O)c1ccco1. The second kappa shape index (κ2) is 7.60. The summed E-state index contributed by atoms with van der Waals surface area (Å²) < 4.78 is 6.88. The predicted molar refractivity (Wildman–Crippen MR) is 106 cm³/mol. The molecule has 2 aromatic heterocycles. The molecule has 0 N–H and O–H groups in total. The van der Waals surface area contributed by atoms with E-state index in [9.17, 15) is 10.1 Å². The highest BCUT2D eigenvalue weighted by Gasteiger charge is 2.17. The maximum Gasteiger partial charge on any atom is 0.238 e. The first-order valence-electron chi connectivity index (χ1n) is 8.67. The van der Waals surface area contributed by atoms with Crippen LogP contribution in [0.5, 0.6) is 0 Å². The molecule has 0 radical (unpaired) electrons. The molecular formula is C23H15N3O2. The molecule has 2 aromatic carbocycles. The van der Waals surface area contributed by atoms with E-state index in [1.54, 1.807) is 22.9 Å². The molecule has 5 nitrogen and oxygen atoms in total. The van der Waals surface area contributed by atoms with Gasteiger partial charge in [0.05, 0.1) is 17.6 Å². The molecule has 5 heteroatoms. The zero-order valence-electron chi connectivity index (χ0n) is 14.8. The van der Waals surface area contributed by atoms with Gasteiger partial charge in [0, 0.05) is 17.3 Å². The van der Waals surface area contributed by atoms with Crippen molar-refractivity contribution in [2.24, 2.45) is 0 Å². The minimum atomic E-state index is -0.459. The van der Waals surface area contributed by atoms with Crippen molar-refractivity contribution in [3.63, 3.8) is 0 Å². The third-order valence-electron chi connectivity index (χ3n) is 4.22. The molecular weight excluding hydrogens is 350 g/mol. The van der Waals surface area contributed by atoms with Crippen LogP contribution in [0.4, 0.5) is 0 Å². The van der Waals surface area contributed by atoms with Gasteiger partial charge in [-0.25, -0.2) is 4.68 Å². The Morgan fingerprint density at radius 2 is 1.71 bits per heavy atom. The number of benzene rings is 2. The average Bonchev–Trinajstić information content (AvgIpc) is 3.43. The number of ketones is 1. The molecule has 0 unspecified atom stereocenters. The van der Waals surface area contributed by atoms with Crippen molar-refractivity contribution in [2.75, 3.05) is 0 Å². The molecule has 0 aliphatic heterocycles. The van der Waals surface area contributed by atoms with E-state index in [2.05, 4.69) is 5.10 Å². The maximum atomic E-state index is 12.6. The minimum Gasteiger partial charge on any atom is -0.461 e. The summed E-state index contributed by atoms with van der Waals surface area (Å²) in [7, 11) is 0. The summed E-state index contributed by atoms with van der Waals surface area (Å²) in [6.45, 7) is 0. The first-order chi connectivity index (χ1) is 13.8. The van der Waals surface area contributed by atoms with Crippen LogP contribution in [0.15, 0.2) is 95.2 Å². The lowest BCUT2D eigenvalue weighted by Crippen LogP contribution is -2.00. The van der Waals surface area contributed by atoms with Crippen LogP contribution in [0.2, 0.25) is 0 Å². The normalized spacial score (nSPS) is 11.2.